The van der Waals surface area contributed by atoms with E-state index in [4.69, 9.17) is 0 Å². The smallest absolute Gasteiger partial charge is 0.103 e. The monoisotopic (exact) mass is 284 g/mol. The maximum absolute atomic E-state index is 13.6. The summed E-state index contributed by atoms with van der Waals surface area (Å²) in [6, 6.07) is 0. The van der Waals surface area contributed by atoms with Crippen LogP contribution in [0.15, 0.2) is 12.7 Å². The fourth-order valence-corrected chi connectivity index (χ4v) is 4.30. The Kier molecular flexibility index (Phi) is 6.04. The second-order valence-electron chi connectivity index (χ2n) is 7.31. The van der Waals surface area contributed by atoms with Gasteiger partial charge in [-0.1, -0.05) is 38.7 Å². The lowest BCUT2D eigenvalue weighted by molar-refractivity contribution is 0.0750. The van der Waals surface area contributed by atoms with Crippen molar-refractivity contribution in [1.82, 2.24) is 0 Å². The molecule has 20 heavy (non-hydrogen) atoms. The van der Waals surface area contributed by atoms with Crippen molar-refractivity contribution in [3.63, 3.8) is 0 Å². The van der Waals surface area contributed by atoms with Crippen LogP contribution >= 0.6 is 0 Å². The van der Waals surface area contributed by atoms with Gasteiger partial charge in [0, 0.05) is 6.42 Å². The third-order valence-electron chi connectivity index (χ3n) is 5.54. The molecule has 0 aromatic carbocycles. The molecule has 2 aliphatic carbocycles. The Labute approximate surface area is 123 Å². The molecule has 0 bridgehead atoms. The van der Waals surface area contributed by atoms with E-state index in [9.17, 15) is 8.78 Å². The van der Waals surface area contributed by atoms with Crippen molar-refractivity contribution < 1.29 is 8.78 Å². The van der Waals surface area contributed by atoms with Gasteiger partial charge in [-0.25, -0.2) is 8.78 Å². The Bertz CT molecular complexity index is 284. The van der Waals surface area contributed by atoms with Gasteiger partial charge in [0.15, 0.2) is 0 Å². The van der Waals surface area contributed by atoms with E-state index in [1.54, 1.807) is 0 Å². The van der Waals surface area contributed by atoms with Crippen LogP contribution in [0.25, 0.3) is 0 Å². The van der Waals surface area contributed by atoms with E-state index in [2.05, 4.69) is 13.5 Å². The van der Waals surface area contributed by atoms with E-state index in [1.807, 2.05) is 6.08 Å². The van der Waals surface area contributed by atoms with E-state index in [0.29, 0.717) is 18.8 Å². The molecule has 0 radical (unpaired) electrons. The summed E-state index contributed by atoms with van der Waals surface area (Å²) < 4.78 is 27.3. The third kappa shape index (κ3) is 4.56. The highest BCUT2D eigenvalue weighted by Crippen LogP contribution is 2.41. The molecule has 2 aliphatic rings. The van der Waals surface area contributed by atoms with Gasteiger partial charge in [0.2, 0.25) is 0 Å². The fraction of sp³-hybridized carbons (Fsp3) is 0.889. The molecule has 0 nitrogen and oxygen atoms in total. The highest BCUT2D eigenvalue weighted by Gasteiger charge is 2.34. The molecule has 0 aromatic heterocycles. The SMILES string of the molecule is C=CCC(CC1CCC(C)CC1)C1CC(F)CC(F)C1. The Morgan fingerprint density at radius 2 is 1.65 bits per heavy atom. The molecule has 0 aliphatic heterocycles. The summed E-state index contributed by atoms with van der Waals surface area (Å²) in [5.41, 5.74) is 0. The molecular weight excluding hydrogens is 254 g/mol. The number of alkyl halides is 2. The predicted molar refractivity (Wildman–Crippen MR) is 81.2 cm³/mol. The first kappa shape index (κ1) is 16.0. The van der Waals surface area contributed by atoms with Gasteiger partial charge in [0.05, 0.1) is 0 Å². The summed E-state index contributed by atoms with van der Waals surface area (Å²) in [5.74, 6) is 2.31. The minimum atomic E-state index is -0.928. The topological polar surface area (TPSA) is 0 Å². The van der Waals surface area contributed by atoms with Gasteiger partial charge in [-0.15, -0.1) is 6.58 Å². The van der Waals surface area contributed by atoms with Crippen LogP contribution in [0.5, 0.6) is 0 Å². The predicted octanol–water partition coefficient (Wildman–Crippen LogP) is 5.87. The van der Waals surface area contributed by atoms with E-state index < -0.39 is 12.3 Å². The van der Waals surface area contributed by atoms with Crippen LogP contribution in [0.4, 0.5) is 8.78 Å². The molecule has 2 rings (SSSR count). The third-order valence-corrected chi connectivity index (χ3v) is 5.54. The highest BCUT2D eigenvalue weighted by atomic mass is 19.1. The lowest BCUT2D eigenvalue weighted by Gasteiger charge is -2.36. The second kappa shape index (κ2) is 7.56. The zero-order valence-electron chi connectivity index (χ0n) is 12.9. The Morgan fingerprint density at radius 3 is 2.20 bits per heavy atom. The molecule has 0 saturated heterocycles. The zero-order chi connectivity index (χ0) is 14.5. The van der Waals surface area contributed by atoms with Crippen molar-refractivity contribution >= 4 is 0 Å². The second-order valence-corrected chi connectivity index (χ2v) is 7.31. The molecule has 3 atom stereocenters. The molecule has 116 valence electrons. The summed E-state index contributed by atoms with van der Waals surface area (Å²) >= 11 is 0. The maximum Gasteiger partial charge on any atom is 0.103 e. The molecule has 2 heteroatoms. The van der Waals surface area contributed by atoms with E-state index in [0.717, 1.165) is 24.7 Å². The Hall–Kier alpha value is -0.400. The minimum absolute atomic E-state index is 0.123. The molecule has 0 N–H and O–H groups in total. The number of hydrogen-bond acceptors (Lipinski definition) is 0. The first-order valence-electron chi connectivity index (χ1n) is 8.47. The van der Waals surface area contributed by atoms with Crippen LogP contribution in [-0.2, 0) is 0 Å². The lowest BCUT2D eigenvalue weighted by atomic mass is 9.71. The van der Waals surface area contributed by atoms with Crippen molar-refractivity contribution in [3.8, 4) is 0 Å². The zero-order valence-corrected chi connectivity index (χ0v) is 12.9. The summed E-state index contributed by atoms with van der Waals surface area (Å²) in [5, 5.41) is 0. The van der Waals surface area contributed by atoms with Crippen LogP contribution in [-0.4, -0.2) is 12.3 Å². The standard InChI is InChI=1S/C18H30F2/c1-3-4-15(9-14-7-5-13(2)6-8-14)16-10-17(19)12-18(20)11-16/h3,13-18H,1,4-12H2,2H3. The van der Waals surface area contributed by atoms with Crippen LogP contribution in [0, 0.1) is 23.7 Å². The number of halogens is 2. The van der Waals surface area contributed by atoms with E-state index >= 15 is 0 Å². The Balaban J connectivity index is 1.90. The van der Waals surface area contributed by atoms with Crippen molar-refractivity contribution in [3.05, 3.63) is 12.7 Å². The largest absolute Gasteiger partial charge is 0.247 e. The maximum atomic E-state index is 13.6. The Morgan fingerprint density at radius 1 is 1.05 bits per heavy atom. The highest BCUT2D eigenvalue weighted by molar-refractivity contribution is 4.87. The van der Waals surface area contributed by atoms with Crippen molar-refractivity contribution in [2.45, 2.75) is 77.1 Å². The first-order chi connectivity index (χ1) is 9.58. The average molecular weight is 284 g/mol. The molecule has 0 spiro atoms. The summed E-state index contributed by atoms with van der Waals surface area (Å²) in [6.45, 7) is 6.18. The number of allylic oxidation sites excluding steroid dienone is 1. The molecule has 0 amide bonds. The molecule has 2 fully saturated rings. The van der Waals surface area contributed by atoms with Gasteiger partial charge in [0.1, 0.15) is 12.3 Å². The fourth-order valence-electron chi connectivity index (χ4n) is 4.30. The summed E-state index contributed by atoms with van der Waals surface area (Å²) in [6.07, 6.45) is 8.71. The van der Waals surface area contributed by atoms with Gasteiger partial charge in [-0.3, -0.25) is 0 Å². The quantitative estimate of drug-likeness (QED) is 0.554. The average Bonchev–Trinajstić information content (AvgIpc) is 2.39. The molecule has 3 unspecified atom stereocenters. The van der Waals surface area contributed by atoms with Crippen LogP contribution < -0.4 is 0 Å². The summed E-state index contributed by atoms with van der Waals surface area (Å²) in [7, 11) is 0. The van der Waals surface area contributed by atoms with Crippen molar-refractivity contribution in [2.75, 3.05) is 0 Å². The molecular formula is C18H30F2. The van der Waals surface area contributed by atoms with Gasteiger partial charge >= 0.3 is 0 Å². The molecule has 0 heterocycles. The first-order valence-corrected chi connectivity index (χ1v) is 8.47. The van der Waals surface area contributed by atoms with Crippen molar-refractivity contribution in [2.24, 2.45) is 23.7 Å². The van der Waals surface area contributed by atoms with Crippen LogP contribution in [0.3, 0.4) is 0 Å². The normalized spacial score (nSPS) is 40.2. The number of rotatable bonds is 5. The lowest BCUT2D eigenvalue weighted by Crippen LogP contribution is -2.31. The van der Waals surface area contributed by atoms with E-state index in [1.165, 1.54) is 25.7 Å². The van der Waals surface area contributed by atoms with E-state index in [-0.39, 0.29) is 12.3 Å². The molecule has 0 aromatic rings. The molecule has 2 saturated carbocycles. The van der Waals surface area contributed by atoms with Crippen LogP contribution in [0.2, 0.25) is 0 Å². The van der Waals surface area contributed by atoms with Crippen molar-refractivity contribution in [1.29, 1.82) is 0 Å². The van der Waals surface area contributed by atoms with Gasteiger partial charge in [-0.05, 0) is 49.4 Å². The van der Waals surface area contributed by atoms with Gasteiger partial charge in [0.25, 0.3) is 0 Å². The van der Waals surface area contributed by atoms with Crippen LogP contribution in [0.1, 0.15) is 64.7 Å². The van der Waals surface area contributed by atoms with Gasteiger partial charge in [-0.2, -0.15) is 0 Å². The minimum Gasteiger partial charge on any atom is -0.247 e. The number of hydrogen-bond donors (Lipinski definition) is 0. The summed E-state index contributed by atoms with van der Waals surface area (Å²) in [4.78, 5) is 0. The van der Waals surface area contributed by atoms with Gasteiger partial charge < -0.3 is 0 Å².